The summed E-state index contributed by atoms with van der Waals surface area (Å²) in [5.74, 6) is -0.896. The van der Waals surface area contributed by atoms with E-state index in [0.717, 1.165) is 9.87 Å². The maximum atomic E-state index is 14.4. The van der Waals surface area contributed by atoms with E-state index in [9.17, 15) is 22.4 Å². The van der Waals surface area contributed by atoms with Gasteiger partial charge in [0.25, 0.3) is 10.0 Å². The van der Waals surface area contributed by atoms with Crippen molar-refractivity contribution in [1.29, 1.82) is 0 Å². The second kappa shape index (κ2) is 15.9. The van der Waals surface area contributed by atoms with Crippen LogP contribution in [0.15, 0.2) is 108 Å². The first-order valence-electron chi connectivity index (χ1n) is 14.8. The highest BCUT2D eigenvalue weighted by Gasteiger charge is 2.35. The molecule has 1 N–H and O–H groups in total. The molecule has 0 saturated heterocycles. The Labute approximate surface area is 269 Å². The Hall–Kier alpha value is -4.90. The number of rotatable bonds is 15. The first-order valence-corrected chi connectivity index (χ1v) is 16.3. The van der Waals surface area contributed by atoms with Gasteiger partial charge in [-0.05, 0) is 53.9 Å². The quantitative estimate of drug-likeness (QED) is 0.190. The molecule has 242 valence electrons. The molecule has 0 aliphatic carbocycles. The van der Waals surface area contributed by atoms with Crippen LogP contribution < -0.4 is 19.1 Å². The Balaban J connectivity index is 1.79. The maximum absolute atomic E-state index is 14.4. The summed E-state index contributed by atoms with van der Waals surface area (Å²) in [5, 5.41) is 2.90. The fourth-order valence-electron chi connectivity index (χ4n) is 4.93. The van der Waals surface area contributed by atoms with Crippen molar-refractivity contribution in [2.75, 3.05) is 31.6 Å². The zero-order valence-corrected chi connectivity index (χ0v) is 26.9. The van der Waals surface area contributed by atoms with E-state index in [1.165, 1.54) is 61.6 Å². The molecular formula is C35H38FN3O6S. The fourth-order valence-corrected chi connectivity index (χ4v) is 6.36. The van der Waals surface area contributed by atoms with E-state index < -0.39 is 34.3 Å². The number of halogens is 1. The molecule has 9 nitrogen and oxygen atoms in total. The van der Waals surface area contributed by atoms with Gasteiger partial charge in [0, 0.05) is 25.6 Å². The summed E-state index contributed by atoms with van der Waals surface area (Å²) in [7, 11) is -1.49. The number of para-hydroxylation sites is 1. The van der Waals surface area contributed by atoms with Crippen molar-refractivity contribution in [3.8, 4) is 11.5 Å². The van der Waals surface area contributed by atoms with Gasteiger partial charge in [-0.1, -0.05) is 67.6 Å². The minimum absolute atomic E-state index is 0.0603. The number of sulfonamides is 1. The molecular weight excluding hydrogens is 609 g/mol. The van der Waals surface area contributed by atoms with Crippen LogP contribution in [0.4, 0.5) is 10.1 Å². The van der Waals surface area contributed by atoms with Crippen LogP contribution >= 0.6 is 0 Å². The molecule has 0 saturated carbocycles. The van der Waals surface area contributed by atoms with Crippen LogP contribution in [0.25, 0.3) is 0 Å². The highest BCUT2D eigenvalue weighted by molar-refractivity contribution is 7.92. The smallest absolute Gasteiger partial charge is 0.264 e. The van der Waals surface area contributed by atoms with Crippen LogP contribution in [0.1, 0.15) is 24.5 Å². The number of nitrogens with zero attached hydrogens (tertiary/aromatic N) is 2. The topological polar surface area (TPSA) is 105 Å². The lowest BCUT2D eigenvalue weighted by Crippen LogP contribution is -2.53. The molecule has 0 unspecified atom stereocenters. The van der Waals surface area contributed by atoms with Gasteiger partial charge in [-0.3, -0.25) is 13.9 Å². The van der Waals surface area contributed by atoms with Gasteiger partial charge in [-0.15, -0.1) is 0 Å². The summed E-state index contributed by atoms with van der Waals surface area (Å²) >= 11 is 0. The van der Waals surface area contributed by atoms with Crippen LogP contribution in [0.2, 0.25) is 0 Å². The van der Waals surface area contributed by atoms with E-state index in [4.69, 9.17) is 9.47 Å². The average Bonchev–Trinajstić information content (AvgIpc) is 3.08. The monoisotopic (exact) mass is 647 g/mol. The Bertz CT molecular complexity index is 1700. The lowest BCUT2D eigenvalue weighted by Gasteiger charge is -2.34. The van der Waals surface area contributed by atoms with Gasteiger partial charge < -0.3 is 19.7 Å². The minimum Gasteiger partial charge on any atom is -0.493 e. The molecule has 0 spiro atoms. The Kier molecular flexibility index (Phi) is 11.7. The molecule has 11 heteroatoms. The number of hydrogen-bond donors (Lipinski definition) is 1. The summed E-state index contributed by atoms with van der Waals surface area (Å²) in [6, 6.07) is 26.3. The summed E-state index contributed by atoms with van der Waals surface area (Å²) in [6.07, 6.45) is 0.859. The molecule has 0 heterocycles. The second-order valence-electron chi connectivity index (χ2n) is 10.5. The summed E-state index contributed by atoms with van der Waals surface area (Å²) in [4.78, 5) is 29.4. The van der Waals surface area contributed by atoms with E-state index in [2.05, 4.69) is 5.32 Å². The number of carbonyl (C=O) groups is 2. The molecule has 0 radical (unpaired) electrons. The molecule has 0 aliphatic rings. The van der Waals surface area contributed by atoms with E-state index in [1.54, 1.807) is 30.3 Å². The Morgan fingerprint density at radius 2 is 1.46 bits per heavy atom. The fraction of sp³-hybridized carbons (Fsp3) is 0.257. The lowest BCUT2D eigenvalue weighted by atomic mass is 10.0. The Morgan fingerprint density at radius 3 is 2.07 bits per heavy atom. The second-order valence-corrected chi connectivity index (χ2v) is 12.4. The summed E-state index contributed by atoms with van der Waals surface area (Å²) in [5.41, 5.74) is 1.64. The van der Waals surface area contributed by atoms with Crippen LogP contribution in [-0.4, -0.2) is 58.5 Å². The molecule has 2 amide bonds. The van der Waals surface area contributed by atoms with Gasteiger partial charge >= 0.3 is 0 Å². The zero-order chi connectivity index (χ0) is 33.1. The van der Waals surface area contributed by atoms with Crippen LogP contribution in [0.3, 0.4) is 0 Å². The molecule has 4 aromatic rings. The van der Waals surface area contributed by atoms with E-state index in [1.807, 2.05) is 37.3 Å². The van der Waals surface area contributed by atoms with E-state index >= 15 is 0 Å². The largest absolute Gasteiger partial charge is 0.493 e. The van der Waals surface area contributed by atoms with Gasteiger partial charge in [0.1, 0.15) is 18.4 Å². The number of carbonyl (C=O) groups excluding carboxylic acids is 2. The Morgan fingerprint density at radius 1 is 0.826 bits per heavy atom. The molecule has 4 rings (SSSR count). The number of amides is 2. The van der Waals surface area contributed by atoms with Crippen molar-refractivity contribution < 1.29 is 31.9 Å². The molecule has 0 bridgehead atoms. The standard InChI is InChI=1S/C35H38FN3O6S/c1-4-21-37-35(41)31(22-26-11-7-5-8-12-26)38(24-27-15-17-28(36)18-16-27)34(40)25-39(29-13-9-6-10-14-29)46(42,43)30-19-20-32(44-2)33(23-30)45-3/h5-20,23,31H,4,21-22,24-25H2,1-3H3,(H,37,41)/t31-/m0/s1. The van der Waals surface area contributed by atoms with Gasteiger partial charge in [0.15, 0.2) is 11.5 Å². The highest BCUT2D eigenvalue weighted by Crippen LogP contribution is 2.32. The minimum atomic E-state index is -4.34. The van der Waals surface area contributed by atoms with Crippen LogP contribution in [0.5, 0.6) is 11.5 Å². The summed E-state index contributed by atoms with van der Waals surface area (Å²) < 4.78 is 53.9. The number of ether oxygens (including phenoxy) is 2. The molecule has 1 atom stereocenters. The van der Waals surface area contributed by atoms with Crippen molar-refractivity contribution >= 4 is 27.5 Å². The van der Waals surface area contributed by atoms with Gasteiger partial charge in [-0.2, -0.15) is 0 Å². The molecule has 0 aromatic heterocycles. The third-order valence-electron chi connectivity index (χ3n) is 7.35. The predicted octanol–water partition coefficient (Wildman–Crippen LogP) is 5.20. The van der Waals surface area contributed by atoms with Crippen LogP contribution in [-0.2, 0) is 32.6 Å². The van der Waals surface area contributed by atoms with Crippen molar-refractivity contribution in [2.24, 2.45) is 0 Å². The molecule has 46 heavy (non-hydrogen) atoms. The van der Waals surface area contributed by atoms with Crippen molar-refractivity contribution in [2.45, 2.75) is 37.2 Å². The van der Waals surface area contributed by atoms with Gasteiger partial charge in [0.2, 0.25) is 11.8 Å². The normalized spacial score (nSPS) is 11.7. The van der Waals surface area contributed by atoms with Crippen molar-refractivity contribution in [3.05, 3.63) is 120 Å². The van der Waals surface area contributed by atoms with Gasteiger partial charge in [0.05, 0.1) is 24.8 Å². The van der Waals surface area contributed by atoms with Gasteiger partial charge in [-0.25, -0.2) is 12.8 Å². The molecule has 0 aliphatic heterocycles. The average molecular weight is 648 g/mol. The van der Waals surface area contributed by atoms with Crippen molar-refractivity contribution in [3.63, 3.8) is 0 Å². The lowest BCUT2D eigenvalue weighted by molar-refractivity contribution is -0.140. The number of hydrogen-bond acceptors (Lipinski definition) is 6. The SMILES string of the molecule is CCCNC(=O)[C@H](Cc1ccccc1)N(Cc1ccc(F)cc1)C(=O)CN(c1ccccc1)S(=O)(=O)c1ccc(OC)c(OC)c1. The predicted molar refractivity (Wildman–Crippen MR) is 175 cm³/mol. The van der Waals surface area contributed by atoms with Crippen LogP contribution in [0, 0.1) is 5.82 Å². The first kappa shape index (κ1) is 34.0. The first-order chi connectivity index (χ1) is 22.2. The third-order valence-corrected chi connectivity index (χ3v) is 9.12. The maximum Gasteiger partial charge on any atom is 0.264 e. The number of anilines is 1. The molecule has 4 aromatic carbocycles. The highest BCUT2D eigenvalue weighted by atomic mass is 32.2. The zero-order valence-electron chi connectivity index (χ0n) is 26.1. The molecule has 0 fully saturated rings. The van der Waals surface area contributed by atoms with E-state index in [0.29, 0.717) is 24.3 Å². The number of benzene rings is 4. The van der Waals surface area contributed by atoms with Crippen molar-refractivity contribution in [1.82, 2.24) is 10.2 Å². The van der Waals surface area contributed by atoms with E-state index in [-0.39, 0.29) is 35.2 Å². The summed E-state index contributed by atoms with van der Waals surface area (Å²) in [6.45, 7) is 1.64. The number of nitrogens with one attached hydrogen (secondary N) is 1. The third kappa shape index (κ3) is 8.42. The number of methoxy groups -OCH3 is 2.